The third-order valence-corrected chi connectivity index (χ3v) is 6.55. The summed E-state index contributed by atoms with van der Waals surface area (Å²) in [6.45, 7) is 7.37. The SMILES string of the molecule is CCCN(C(C)C)C(c1ccc(F)cc1)c1ccc(F)cc1.Cn1c(=O)c(Cl)c(N)c2nc(C#N)ccc21. The van der Waals surface area contributed by atoms with Gasteiger partial charge in [-0.3, -0.25) is 9.69 Å². The molecule has 2 heterocycles. The van der Waals surface area contributed by atoms with Crippen molar-refractivity contribution < 1.29 is 8.78 Å². The first-order chi connectivity index (χ1) is 18.1. The monoisotopic (exact) mass is 537 g/mol. The number of hydrogen-bond donors (Lipinski definition) is 1. The average molecular weight is 538 g/mol. The fourth-order valence-electron chi connectivity index (χ4n) is 4.27. The first kappa shape index (κ1) is 28.8. The van der Waals surface area contributed by atoms with Crippen LogP contribution < -0.4 is 11.3 Å². The number of nitrogen functional groups attached to an aromatic ring is 1. The molecule has 0 unspecified atom stereocenters. The van der Waals surface area contributed by atoms with Crippen molar-refractivity contribution in [2.75, 3.05) is 12.3 Å². The van der Waals surface area contributed by atoms with Crippen molar-refractivity contribution >= 4 is 28.3 Å². The van der Waals surface area contributed by atoms with Crippen LogP contribution in [-0.2, 0) is 7.05 Å². The molecule has 38 heavy (non-hydrogen) atoms. The van der Waals surface area contributed by atoms with Crippen LogP contribution in [0.15, 0.2) is 65.5 Å². The maximum Gasteiger partial charge on any atom is 0.271 e. The molecular weight excluding hydrogens is 508 g/mol. The molecule has 0 amide bonds. The molecule has 0 aliphatic carbocycles. The van der Waals surface area contributed by atoms with Gasteiger partial charge in [0.25, 0.3) is 5.56 Å². The maximum atomic E-state index is 13.2. The summed E-state index contributed by atoms with van der Waals surface area (Å²) in [5, 5.41) is 8.65. The third kappa shape index (κ3) is 6.36. The number of nitrogens with two attached hydrogens (primary N) is 1. The number of aryl methyl sites for hydroxylation is 1. The van der Waals surface area contributed by atoms with E-state index in [2.05, 4.69) is 30.7 Å². The minimum Gasteiger partial charge on any atom is -0.396 e. The fraction of sp³-hybridized carbons (Fsp3) is 0.276. The molecule has 0 radical (unpaired) electrons. The number of halogens is 3. The standard InChI is InChI=1S/C19H23F2N.C10H7ClN4O/c1-4-13-22(14(2)3)19(15-5-9-17(20)10-6-15)16-7-11-18(21)12-8-16;1-15-6-3-2-5(4-12)14-9(6)8(13)7(11)10(15)16/h5-12,14,19H,4,13H2,1-3H3;2-3H,13H2,1H3. The lowest BCUT2D eigenvalue weighted by Crippen LogP contribution is -2.36. The molecule has 4 rings (SSSR count). The minimum absolute atomic E-state index is 0.00106. The van der Waals surface area contributed by atoms with Crippen LogP contribution in [-0.4, -0.2) is 27.0 Å². The Bertz CT molecular complexity index is 1450. The van der Waals surface area contributed by atoms with Gasteiger partial charge in [-0.2, -0.15) is 5.26 Å². The van der Waals surface area contributed by atoms with E-state index in [9.17, 15) is 13.6 Å². The van der Waals surface area contributed by atoms with E-state index < -0.39 is 0 Å². The summed E-state index contributed by atoms with van der Waals surface area (Å²) < 4.78 is 27.8. The molecule has 0 aliphatic rings. The highest BCUT2D eigenvalue weighted by Crippen LogP contribution is 2.31. The molecule has 9 heteroatoms. The zero-order valence-corrected chi connectivity index (χ0v) is 22.5. The van der Waals surface area contributed by atoms with Crippen LogP contribution in [0.2, 0.25) is 5.02 Å². The van der Waals surface area contributed by atoms with E-state index in [4.69, 9.17) is 22.6 Å². The lowest BCUT2D eigenvalue weighted by Gasteiger charge is -2.35. The Morgan fingerprint density at radius 2 is 1.55 bits per heavy atom. The van der Waals surface area contributed by atoms with Crippen LogP contribution >= 0.6 is 11.6 Å². The smallest absolute Gasteiger partial charge is 0.271 e. The van der Waals surface area contributed by atoms with Gasteiger partial charge in [-0.05, 0) is 74.3 Å². The van der Waals surface area contributed by atoms with Gasteiger partial charge in [-0.1, -0.05) is 42.8 Å². The first-order valence-electron chi connectivity index (χ1n) is 12.2. The van der Waals surface area contributed by atoms with Crippen LogP contribution in [0.25, 0.3) is 11.0 Å². The number of hydrogen-bond acceptors (Lipinski definition) is 5. The summed E-state index contributed by atoms with van der Waals surface area (Å²) in [5.74, 6) is -0.485. The molecule has 2 aromatic carbocycles. The largest absolute Gasteiger partial charge is 0.396 e. The van der Waals surface area contributed by atoms with Crippen LogP contribution in [0.3, 0.4) is 0 Å². The Labute approximate surface area is 225 Å². The first-order valence-corrected chi connectivity index (χ1v) is 12.6. The number of aromatic nitrogens is 2. The van der Waals surface area contributed by atoms with Gasteiger partial charge in [0, 0.05) is 13.1 Å². The van der Waals surface area contributed by atoms with Crippen LogP contribution in [0, 0.1) is 23.0 Å². The van der Waals surface area contributed by atoms with E-state index in [0.717, 1.165) is 24.1 Å². The zero-order chi connectivity index (χ0) is 28.0. The van der Waals surface area contributed by atoms with E-state index >= 15 is 0 Å². The lowest BCUT2D eigenvalue weighted by atomic mass is 9.95. The van der Waals surface area contributed by atoms with Crippen molar-refractivity contribution in [2.24, 2.45) is 7.05 Å². The summed E-state index contributed by atoms with van der Waals surface area (Å²) in [5.41, 5.74) is 8.62. The summed E-state index contributed by atoms with van der Waals surface area (Å²) >= 11 is 5.78. The fourth-order valence-corrected chi connectivity index (χ4v) is 4.48. The van der Waals surface area contributed by atoms with Crippen molar-refractivity contribution in [1.82, 2.24) is 14.5 Å². The Kier molecular flexibility index (Phi) is 9.56. The summed E-state index contributed by atoms with van der Waals surface area (Å²) in [4.78, 5) is 18.0. The van der Waals surface area contributed by atoms with Gasteiger partial charge in [-0.15, -0.1) is 0 Å². The Hall–Kier alpha value is -3.80. The average Bonchev–Trinajstić information content (AvgIpc) is 2.92. The third-order valence-electron chi connectivity index (χ3n) is 6.18. The topological polar surface area (TPSA) is 87.9 Å². The van der Waals surface area contributed by atoms with Gasteiger partial charge in [-0.25, -0.2) is 13.8 Å². The molecular formula is C29H30ClF2N5O. The Morgan fingerprint density at radius 3 is 2.00 bits per heavy atom. The normalized spacial score (nSPS) is 11.1. The number of pyridine rings is 2. The molecule has 0 aliphatic heterocycles. The van der Waals surface area contributed by atoms with E-state index in [1.807, 2.05) is 30.3 Å². The highest BCUT2D eigenvalue weighted by Gasteiger charge is 2.24. The number of nitrogens with zero attached hydrogens (tertiary/aromatic N) is 4. The highest BCUT2D eigenvalue weighted by atomic mass is 35.5. The van der Waals surface area contributed by atoms with Gasteiger partial charge in [0.15, 0.2) is 0 Å². The maximum absolute atomic E-state index is 13.2. The Morgan fingerprint density at radius 1 is 1.03 bits per heavy atom. The van der Waals surface area contributed by atoms with Crippen molar-refractivity contribution in [1.29, 1.82) is 5.26 Å². The number of rotatable bonds is 6. The second-order valence-electron chi connectivity index (χ2n) is 9.11. The molecule has 0 fully saturated rings. The molecule has 0 bridgehead atoms. The molecule has 6 nitrogen and oxygen atoms in total. The van der Waals surface area contributed by atoms with Crippen LogP contribution in [0.4, 0.5) is 14.5 Å². The summed E-state index contributed by atoms with van der Waals surface area (Å²) in [6.07, 6.45) is 1.02. The van der Waals surface area contributed by atoms with Crippen LogP contribution in [0.1, 0.15) is 50.1 Å². The van der Waals surface area contributed by atoms with E-state index in [1.165, 1.54) is 34.9 Å². The number of anilines is 1. The molecule has 0 saturated carbocycles. The van der Waals surface area contributed by atoms with Crippen molar-refractivity contribution in [3.63, 3.8) is 0 Å². The van der Waals surface area contributed by atoms with Gasteiger partial charge < -0.3 is 10.3 Å². The minimum atomic E-state index is -0.377. The molecule has 4 aromatic rings. The predicted molar refractivity (Wildman–Crippen MR) is 148 cm³/mol. The highest BCUT2D eigenvalue weighted by molar-refractivity contribution is 6.34. The molecule has 0 atom stereocenters. The Balaban J connectivity index is 0.000000221. The second kappa shape index (κ2) is 12.6. The predicted octanol–water partition coefficient (Wildman–Crippen LogP) is 6.22. The van der Waals surface area contributed by atoms with E-state index in [1.54, 1.807) is 13.1 Å². The molecule has 198 valence electrons. The number of fused-ring (bicyclic) bond motifs is 1. The quantitative estimate of drug-likeness (QED) is 0.315. The van der Waals surface area contributed by atoms with Gasteiger partial charge in [0.1, 0.15) is 33.9 Å². The number of benzene rings is 2. The summed E-state index contributed by atoms with van der Waals surface area (Å²) in [6, 6.07) is 18.6. The molecule has 0 spiro atoms. The van der Waals surface area contributed by atoms with Crippen molar-refractivity contribution in [2.45, 2.75) is 39.3 Å². The van der Waals surface area contributed by atoms with Gasteiger partial charge >= 0.3 is 0 Å². The number of nitriles is 1. The van der Waals surface area contributed by atoms with Crippen LogP contribution in [0.5, 0.6) is 0 Å². The van der Waals surface area contributed by atoms with Gasteiger partial charge in [0.05, 0.1) is 17.2 Å². The van der Waals surface area contributed by atoms with E-state index in [0.29, 0.717) is 17.1 Å². The van der Waals surface area contributed by atoms with Crippen molar-refractivity contribution in [3.8, 4) is 6.07 Å². The molecule has 2 aromatic heterocycles. The zero-order valence-electron chi connectivity index (χ0n) is 21.8. The molecule has 2 N–H and O–H groups in total. The van der Waals surface area contributed by atoms with E-state index in [-0.39, 0.29) is 39.6 Å². The molecule has 0 saturated heterocycles. The lowest BCUT2D eigenvalue weighted by molar-refractivity contribution is 0.177. The second-order valence-corrected chi connectivity index (χ2v) is 9.48. The van der Waals surface area contributed by atoms with Crippen molar-refractivity contribution in [3.05, 3.63) is 104 Å². The summed E-state index contributed by atoms with van der Waals surface area (Å²) in [7, 11) is 1.57. The van der Waals surface area contributed by atoms with Gasteiger partial charge in [0.2, 0.25) is 0 Å².